The summed E-state index contributed by atoms with van der Waals surface area (Å²) in [5.74, 6) is -1.87. The largest absolute Gasteiger partial charge is 0.442 e. The lowest BCUT2D eigenvalue weighted by Gasteiger charge is -2.28. The van der Waals surface area contributed by atoms with E-state index < -0.39 is 23.8 Å². The van der Waals surface area contributed by atoms with Crippen LogP contribution in [0.4, 0.5) is 29.7 Å². The number of hydrogen-bond donors (Lipinski definition) is 2. The van der Waals surface area contributed by atoms with Gasteiger partial charge in [-0.15, -0.1) is 0 Å². The van der Waals surface area contributed by atoms with E-state index >= 15 is 0 Å². The van der Waals surface area contributed by atoms with E-state index in [1.807, 2.05) is 0 Å². The van der Waals surface area contributed by atoms with E-state index in [0.29, 0.717) is 39.3 Å². The number of anilines is 2. The van der Waals surface area contributed by atoms with Crippen LogP contribution < -0.4 is 20.4 Å². The molecular weight excluding hydrogens is 440 g/mol. The number of urea groups is 1. The van der Waals surface area contributed by atoms with Crippen molar-refractivity contribution in [1.29, 1.82) is 0 Å². The van der Waals surface area contributed by atoms with Crippen molar-refractivity contribution in [1.82, 2.24) is 15.5 Å². The standard InChI is InChI=1S/C21H27F2N5O5/c1-13(29)24-10-16-12-28(21(31)33-16)15-8-17(22)19(18(23)9-15)27-3-2-14(11-27)25-20(30)26-4-6-32-7-5-26/h8-9,14,16H,2-7,10-12H2,1H3,(H,24,29)(H,25,30)/t14-,16-/m0/s1. The molecule has 1 aromatic rings. The molecule has 3 aliphatic rings. The third-order valence-corrected chi connectivity index (χ3v) is 5.90. The van der Waals surface area contributed by atoms with Gasteiger partial charge in [0.15, 0.2) is 11.6 Å². The molecule has 3 fully saturated rings. The minimum atomic E-state index is -0.803. The van der Waals surface area contributed by atoms with E-state index in [1.54, 1.807) is 9.80 Å². The van der Waals surface area contributed by atoms with E-state index in [4.69, 9.17) is 9.47 Å². The summed E-state index contributed by atoms with van der Waals surface area (Å²) in [6, 6.07) is 1.75. The normalized spacial score (nSPS) is 23.0. The molecule has 3 aliphatic heterocycles. The maximum absolute atomic E-state index is 14.9. The lowest BCUT2D eigenvalue weighted by atomic mass is 10.2. The molecule has 4 rings (SSSR count). The van der Waals surface area contributed by atoms with Crippen LogP contribution >= 0.6 is 0 Å². The summed E-state index contributed by atoms with van der Waals surface area (Å²) in [5.41, 5.74) is -0.148. The number of ether oxygens (including phenoxy) is 2. The molecule has 0 saturated carbocycles. The molecule has 4 amide bonds. The smallest absolute Gasteiger partial charge is 0.414 e. The summed E-state index contributed by atoms with van der Waals surface area (Å²) < 4.78 is 40.3. The Balaban J connectivity index is 1.39. The molecule has 180 valence electrons. The number of rotatable bonds is 5. The van der Waals surface area contributed by atoms with E-state index in [1.165, 1.54) is 6.92 Å². The second-order valence-electron chi connectivity index (χ2n) is 8.29. The summed E-state index contributed by atoms with van der Waals surface area (Å²) in [5, 5.41) is 5.47. The summed E-state index contributed by atoms with van der Waals surface area (Å²) in [4.78, 5) is 39.9. The molecule has 0 aromatic heterocycles. The summed E-state index contributed by atoms with van der Waals surface area (Å²) in [6.45, 7) is 4.18. The first kappa shape index (κ1) is 23.0. The zero-order valence-electron chi connectivity index (χ0n) is 18.3. The number of hydrogen-bond acceptors (Lipinski definition) is 6. The van der Waals surface area contributed by atoms with Gasteiger partial charge in [0.25, 0.3) is 0 Å². The zero-order chi connectivity index (χ0) is 23.5. The monoisotopic (exact) mass is 467 g/mol. The van der Waals surface area contributed by atoms with Crippen LogP contribution in [0.25, 0.3) is 0 Å². The second kappa shape index (κ2) is 9.77. The Morgan fingerprint density at radius 3 is 2.48 bits per heavy atom. The van der Waals surface area contributed by atoms with Crippen molar-refractivity contribution in [3.05, 3.63) is 23.8 Å². The van der Waals surface area contributed by atoms with Gasteiger partial charge >= 0.3 is 12.1 Å². The van der Waals surface area contributed by atoms with Gasteiger partial charge in [0, 0.05) is 51.3 Å². The number of nitrogens with zero attached hydrogens (tertiary/aromatic N) is 3. The molecule has 1 aromatic carbocycles. The highest BCUT2D eigenvalue weighted by Gasteiger charge is 2.35. The van der Waals surface area contributed by atoms with Crippen LogP contribution in [0, 0.1) is 11.6 Å². The number of amides is 4. The lowest BCUT2D eigenvalue weighted by Crippen LogP contribution is -2.49. The van der Waals surface area contributed by atoms with Crippen molar-refractivity contribution in [2.45, 2.75) is 25.5 Å². The van der Waals surface area contributed by atoms with E-state index in [9.17, 15) is 23.2 Å². The number of carbonyl (C=O) groups excluding carboxylic acids is 3. The average molecular weight is 467 g/mol. The van der Waals surface area contributed by atoms with Crippen LogP contribution in [0.5, 0.6) is 0 Å². The van der Waals surface area contributed by atoms with Crippen LogP contribution in [0.15, 0.2) is 12.1 Å². The van der Waals surface area contributed by atoms with E-state index in [2.05, 4.69) is 10.6 Å². The van der Waals surface area contributed by atoms with Gasteiger partial charge in [-0.3, -0.25) is 9.69 Å². The number of cyclic esters (lactones) is 1. The summed E-state index contributed by atoms with van der Waals surface area (Å²) in [7, 11) is 0. The molecule has 0 bridgehead atoms. The first-order valence-corrected chi connectivity index (χ1v) is 10.9. The summed E-state index contributed by atoms with van der Waals surface area (Å²) in [6.07, 6.45) is -0.787. The van der Waals surface area contributed by atoms with Gasteiger partial charge in [-0.25, -0.2) is 18.4 Å². The van der Waals surface area contributed by atoms with Crippen LogP contribution in [0.2, 0.25) is 0 Å². The minimum absolute atomic E-state index is 0.0421. The fraction of sp³-hybridized carbons (Fsp3) is 0.571. The maximum atomic E-state index is 14.9. The molecule has 0 aliphatic carbocycles. The van der Waals surface area contributed by atoms with Gasteiger partial charge in [0.05, 0.1) is 32.0 Å². The average Bonchev–Trinajstić information content (AvgIpc) is 3.38. The highest BCUT2D eigenvalue weighted by atomic mass is 19.1. The van der Waals surface area contributed by atoms with Gasteiger partial charge in [-0.05, 0) is 6.42 Å². The van der Waals surface area contributed by atoms with Crippen LogP contribution in [-0.4, -0.2) is 87.6 Å². The predicted octanol–water partition coefficient (Wildman–Crippen LogP) is 1.05. The van der Waals surface area contributed by atoms with Gasteiger partial charge in [0.1, 0.15) is 11.8 Å². The Morgan fingerprint density at radius 2 is 1.82 bits per heavy atom. The van der Waals surface area contributed by atoms with E-state index in [-0.39, 0.29) is 49.0 Å². The quantitative estimate of drug-likeness (QED) is 0.671. The van der Waals surface area contributed by atoms with E-state index in [0.717, 1.165) is 17.0 Å². The SMILES string of the molecule is CC(=O)NC[C@H]1CN(c2cc(F)c(N3CC[C@H](NC(=O)N4CCOCC4)C3)c(F)c2)C(=O)O1. The third kappa shape index (κ3) is 5.27. The molecule has 12 heteroatoms. The predicted molar refractivity (Wildman–Crippen MR) is 114 cm³/mol. The molecule has 0 radical (unpaired) electrons. The zero-order valence-corrected chi connectivity index (χ0v) is 18.3. The van der Waals surface area contributed by atoms with Crippen molar-refractivity contribution in [2.24, 2.45) is 0 Å². The molecule has 10 nitrogen and oxygen atoms in total. The second-order valence-corrected chi connectivity index (χ2v) is 8.29. The molecule has 3 heterocycles. The molecular formula is C21H27F2N5O5. The molecule has 0 unspecified atom stereocenters. The van der Waals surface area contributed by atoms with Crippen molar-refractivity contribution >= 4 is 29.4 Å². The minimum Gasteiger partial charge on any atom is -0.442 e. The molecule has 0 spiro atoms. The number of carbonyl (C=O) groups is 3. The lowest BCUT2D eigenvalue weighted by molar-refractivity contribution is -0.119. The van der Waals surface area contributed by atoms with Gasteiger partial charge < -0.3 is 29.9 Å². The summed E-state index contributed by atoms with van der Waals surface area (Å²) >= 11 is 0. The van der Waals surface area contributed by atoms with Crippen LogP contribution in [0.1, 0.15) is 13.3 Å². The molecule has 2 atom stereocenters. The number of benzene rings is 1. The highest BCUT2D eigenvalue weighted by molar-refractivity contribution is 5.90. The number of nitrogens with one attached hydrogen (secondary N) is 2. The first-order chi connectivity index (χ1) is 15.8. The van der Waals surface area contributed by atoms with Crippen molar-refractivity contribution < 1.29 is 32.6 Å². The number of morpholine rings is 1. The van der Waals surface area contributed by atoms with Crippen molar-refractivity contribution in [2.75, 3.05) is 62.3 Å². The Morgan fingerprint density at radius 1 is 1.12 bits per heavy atom. The molecule has 3 saturated heterocycles. The first-order valence-electron chi connectivity index (χ1n) is 10.9. The van der Waals surface area contributed by atoms with Crippen LogP contribution in [-0.2, 0) is 14.3 Å². The highest BCUT2D eigenvalue weighted by Crippen LogP contribution is 2.32. The van der Waals surface area contributed by atoms with Gasteiger partial charge in [-0.1, -0.05) is 0 Å². The molecule has 33 heavy (non-hydrogen) atoms. The Bertz CT molecular complexity index is 903. The number of halogens is 2. The van der Waals surface area contributed by atoms with Gasteiger partial charge in [-0.2, -0.15) is 0 Å². The molecule has 2 N–H and O–H groups in total. The van der Waals surface area contributed by atoms with Gasteiger partial charge in [0.2, 0.25) is 5.91 Å². The van der Waals surface area contributed by atoms with Crippen molar-refractivity contribution in [3.8, 4) is 0 Å². The van der Waals surface area contributed by atoms with Crippen molar-refractivity contribution in [3.63, 3.8) is 0 Å². The fourth-order valence-corrected chi connectivity index (χ4v) is 4.22. The van der Waals surface area contributed by atoms with Crippen LogP contribution in [0.3, 0.4) is 0 Å². The Labute approximate surface area is 189 Å². The Hall–Kier alpha value is -3.15. The maximum Gasteiger partial charge on any atom is 0.414 e. The third-order valence-electron chi connectivity index (χ3n) is 5.90. The topological polar surface area (TPSA) is 103 Å². The fourth-order valence-electron chi connectivity index (χ4n) is 4.22. The Kier molecular flexibility index (Phi) is 6.82.